The maximum absolute atomic E-state index is 3.97. The van der Waals surface area contributed by atoms with E-state index in [1.165, 1.54) is 24.9 Å². The van der Waals surface area contributed by atoms with Gasteiger partial charge in [0.05, 0.1) is 0 Å². The summed E-state index contributed by atoms with van der Waals surface area (Å²) < 4.78 is 0. The second kappa shape index (κ2) is 7.54. The van der Waals surface area contributed by atoms with Gasteiger partial charge < -0.3 is 9.96 Å². The molecule has 24 heavy (non-hydrogen) atoms. The summed E-state index contributed by atoms with van der Waals surface area (Å²) in [6.45, 7) is 26.5. The minimum Gasteiger partial charge on any atom is -0.333 e. The molecule has 2 atom stereocenters. The first-order valence-corrected chi connectivity index (χ1v) is 16.5. The summed E-state index contributed by atoms with van der Waals surface area (Å²) in [5, 5.41) is 0. The fraction of sp³-hybridized carbons (Fsp3) is 1.00. The molecule has 0 radical (unpaired) electrons. The monoisotopic (exact) mass is 370 g/mol. The summed E-state index contributed by atoms with van der Waals surface area (Å²) in [5.74, 6) is 2.77. The van der Waals surface area contributed by atoms with Gasteiger partial charge in [0.25, 0.3) is 0 Å². The first-order valence-electron chi connectivity index (χ1n) is 10.1. The third kappa shape index (κ3) is 8.16. The molecule has 0 bridgehead atoms. The zero-order valence-corrected chi connectivity index (χ0v) is 20.6. The third-order valence-corrected chi connectivity index (χ3v) is 11.3. The summed E-state index contributed by atoms with van der Waals surface area (Å²) >= 11 is 0. The van der Waals surface area contributed by atoms with Gasteiger partial charge in [-0.15, -0.1) is 0 Å². The number of hydrogen-bond acceptors (Lipinski definition) is 2. The van der Waals surface area contributed by atoms with Gasteiger partial charge in [-0.1, -0.05) is 46.0 Å². The van der Waals surface area contributed by atoms with Gasteiger partial charge in [-0.25, -0.2) is 0 Å². The van der Waals surface area contributed by atoms with Gasteiger partial charge in [-0.2, -0.15) is 0 Å². The molecule has 1 aliphatic rings. The van der Waals surface area contributed by atoms with E-state index < -0.39 is 16.5 Å². The summed E-state index contributed by atoms with van der Waals surface area (Å²) in [5.41, 5.74) is 0.505. The van der Waals surface area contributed by atoms with Crippen LogP contribution in [0.25, 0.3) is 0 Å². The zero-order chi connectivity index (χ0) is 19.0. The Bertz CT molecular complexity index is 367. The van der Waals surface area contributed by atoms with Gasteiger partial charge in [0.1, 0.15) is 16.5 Å². The molecule has 0 spiro atoms. The molecule has 0 aliphatic heterocycles. The van der Waals surface area contributed by atoms with Crippen LogP contribution in [0.4, 0.5) is 0 Å². The van der Waals surface area contributed by atoms with Crippen LogP contribution in [-0.4, -0.2) is 27.5 Å². The summed E-state index contributed by atoms with van der Waals surface area (Å²) in [6, 6.07) is 2.88. The molecule has 1 saturated carbocycles. The smallest absolute Gasteiger partial charge is 0.120 e. The topological polar surface area (TPSA) is 24.1 Å². The Hall–Kier alpha value is 0.354. The highest BCUT2D eigenvalue weighted by Crippen LogP contribution is 2.44. The number of nitrogens with one attached hydrogen (secondary N) is 2. The molecule has 0 saturated heterocycles. The van der Waals surface area contributed by atoms with Crippen molar-refractivity contribution in [2.24, 2.45) is 17.8 Å². The van der Waals surface area contributed by atoms with E-state index in [1.54, 1.807) is 0 Å². The Balaban J connectivity index is 2.63. The lowest BCUT2D eigenvalue weighted by Crippen LogP contribution is -2.55. The van der Waals surface area contributed by atoms with Crippen LogP contribution >= 0.6 is 0 Å². The Morgan fingerprint density at radius 3 is 1.25 bits per heavy atom. The fourth-order valence-corrected chi connectivity index (χ4v) is 13.4. The van der Waals surface area contributed by atoms with E-state index in [9.17, 15) is 0 Å². The first kappa shape index (κ1) is 22.4. The van der Waals surface area contributed by atoms with E-state index >= 15 is 0 Å². The molecular weight excluding hydrogens is 324 g/mol. The first-order chi connectivity index (χ1) is 10.5. The average molecular weight is 371 g/mol. The number of rotatable bonds is 6. The van der Waals surface area contributed by atoms with Crippen molar-refractivity contribution in [3.05, 3.63) is 0 Å². The second-order valence-corrected chi connectivity index (χ2v) is 20.7. The Kier molecular flexibility index (Phi) is 7.03. The summed E-state index contributed by atoms with van der Waals surface area (Å²) in [6.07, 6.45) is 2.90. The molecule has 0 amide bonds. The lowest BCUT2D eigenvalue weighted by Gasteiger charge is -2.38. The van der Waals surface area contributed by atoms with Crippen LogP contribution in [0.3, 0.4) is 0 Å². The fourth-order valence-electron chi connectivity index (χ4n) is 5.36. The maximum atomic E-state index is 3.97. The molecule has 1 rings (SSSR count). The molecule has 2 N–H and O–H groups in total. The van der Waals surface area contributed by atoms with Crippen LogP contribution in [0.1, 0.15) is 61.3 Å². The number of hydrogen-bond donors (Lipinski definition) is 2. The molecule has 1 aliphatic carbocycles. The molecule has 2 nitrogen and oxygen atoms in total. The van der Waals surface area contributed by atoms with E-state index in [0.29, 0.717) is 0 Å². The van der Waals surface area contributed by atoms with E-state index in [2.05, 4.69) is 84.6 Å². The highest BCUT2D eigenvalue weighted by molar-refractivity contribution is 6.75. The minimum atomic E-state index is -1.33. The molecular formula is C20H46N2Si2. The Labute approximate surface area is 155 Å². The Morgan fingerprint density at radius 2 is 1.00 bits per heavy atom. The average Bonchev–Trinajstić information content (AvgIpc) is 2.53. The SMILES string of the molecule is CC1C(C[Si](C)(C)NC(C)(C)C)CCC1C[Si](C)(C)NC(C)(C)C. The lowest BCUT2D eigenvalue weighted by atomic mass is 9.94. The van der Waals surface area contributed by atoms with Gasteiger partial charge in [0.15, 0.2) is 0 Å². The van der Waals surface area contributed by atoms with Crippen LogP contribution in [0.2, 0.25) is 38.3 Å². The molecule has 2 unspecified atom stereocenters. The third-order valence-electron chi connectivity index (χ3n) is 5.37. The van der Waals surface area contributed by atoms with Crippen LogP contribution in [-0.2, 0) is 0 Å². The van der Waals surface area contributed by atoms with Crippen LogP contribution in [0, 0.1) is 17.8 Å². The van der Waals surface area contributed by atoms with E-state index in [0.717, 1.165) is 17.8 Å². The normalized spacial score (nSPS) is 26.9. The van der Waals surface area contributed by atoms with Crippen molar-refractivity contribution in [3.63, 3.8) is 0 Å². The van der Waals surface area contributed by atoms with Crippen molar-refractivity contribution < 1.29 is 0 Å². The minimum absolute atomic E-state index is 0.252. The van der Waals surface area contributed by atoms with Gasteiger partial charge in [-0.05, 0) is 71.4 Å². The van der Waals surface area contributed by atoms with Crippen molar-refractivity contribution in [2.45, 2.75) is 111 Å². The molecule has 4 heteroatoms. The summed E-state index contributed by atoms with van der Waals surface area (Å²) in [7, 11) is -2.65. The van der Waals surface area contributed by atoms with E-state index in [1.807, 2.05) is 0 Å². The standard InChI is InChI=1S/C20H46N2Si2/c1-16-17(14-23(8,9)21-19(2,3)4)12-13-18(16)15-24(10,11)22-20(5,6)7/h16-18,21-22H,12-15H2,1-11H3. The summed E-state index contributed by atoms with van der Waals surface area (Å²) in [4.78, 5) is 7.94. The quantitative estimate of drug-likeness (QED) is 0.574. The highest BCUT2D eigenvalue weighted by Gasteiger charge is 2.40. The largest absolute Gasteiger partial charge is 0.333 e. The van der Waals surface area contributed by atoms with Crippen LogP contribution < -0.4 is 9.96 Å². The predicted octanol–water partition coefficient (Wildman–Crippen LogP) is 5.84. The van der Waals surface area contributed by atoms with E-state index in [-0.39, 0.29) is 11.1 Å². The predicted molar refractivity (Wildman–Crippen MR) is 116 cm³/mol. The Morgan fingerprint density at radius 1 is 0.708 bits per heavy atom. The van der Waals surface area contributed by atoms with Crippen molar-refractivity contribution in [1.82, 2.24) is 9.96 Å². The van der Waals surface area contributed by atoms with Crippen molar-refractivity contribution in [1.29, 1.82) is 0 Å². The molecule has 0 aromatic heterocycles. The zero-order valence-electron chi connectivity index (χ0n) is 18.6. The van der Waals surface area contributed by atoms with Gasteiger partial charge in [-0.3, -0.25) is 0 Å². The van der Waals surface area contributed by atoms with Crippen LogP contribution in [0.5, 0.6) is 0 Å². The van der Waals surface area contributed by atoms with Gasteiger partial charge in [0.2, 0.25) is 0 Å². The molecule has 1 fully saturated rings. The highest BCUT2D eigenvalue weighted by atomic mass is 28.3. The lowest BCUT2D eigenvalue weighted by molar-refractivity contribution is 0.368. The van der Waals surface area contributed by atoms with Crippen molar-refractivity contribution >= 4 is 16.5 Å². The van der Waals surface area contributed by atoms with Crippen molar-refractivity contribution in [2.75, 3.05) is 0 Å². The molecule has 0 heterocycles. The molecule has 0 aromatic rings. The van der Waals surface area contributed by atoms with Crippen LogP contribution in [0.15, 0.2) is 0 Å². The molecule has 144 valence electrons. The molecule has 0 aromatic carbocycles. The van der Waals surface area contributed by atoms with E-state index in [4.69, 9.17) is 0 Å². The van der Waals surface area contributed by atoms with Gasteiger partial charge >= 0.3 is 0 Å². The van der Waals surface area contributed by atoms with Crippen molar-refractivity contribution in [3.8, 4) is 0 Å². The maximum Gasteiger partial charge on any atom is 0.120 e. The second-order valence-electron chi connectivity index (χ2n) is 11.9. The van der Waals surface area contributed by atoms with Gasteiger partial charge in [0, 0.05) is 11.1 Å².